The van der Waals surface area contributed by atoms with Crippen molar-refractivity contribution in [1.82, 2.24) is 0 Å². The van der Waals surface area contributed by atoms with Gasteiger partial charge in [0.05, 0.1) is 5.56 Å². The fraction of sp³-hybridized carbons (Fsp3) is 0.182. The summed E-state index contributed by atoms with van der Waals surface area (Å²) in [5.74, 6) is 0.182. The minimum absolute atomic E-state index is 0.0316. The Bertz CT molecular complexity index is 356. The molecule has 0 atom stereocenters. The van der Waals surface area contributed by atoms with Gasteiger partial charge in [-0.05, 0) is 24.6 Å². The van der Waals surface area contributed by atoms with Gasteiger partial charge < -0.3 is 9.84 Å². The van der Waals surface area contributed by atoms with Gasteiger partial charge in [0.1, 0.15) is 6.61 Å². The van der Waals surface area contributed by atoms with E-state index in [1.165, 1.54) is 6.07 Å². The Morgan fingerprint density at radius 1 is 1.64 bits per heavy atom. The summed E-state index contributed by atoms with van der Waals surface area (Å²) in [6.45, 7) is 5.76. The van der Waals surface area contributed by atoms with Crippen molar-refractivity contribution in [2.45, 2.75) is 6.92 Å². The van der Waals surface area contributed by atoms with Crippen LogP contribution in [0.1, 0.15) is 17.3 Å². The van der Waals surface area contributed by atoms with Gasteiger partial charge >= 0.3 is 0 Å². The summed E-state index contributed by atoms with van der Waals surface area (Å²) >= 11 is 0. The van der Waals surface area contributed by atoms with E-state index in [0.717, 1.165) is 5.57 Å². The summed E-state index contributed by atoms with van der Waals surface area (Å²) in [5, 5.41) is 9.42. The van der Waals surface area contributed by atoms with E-state index in [2.05, 4.69) is 6.58 Å². The second-order valence-corrected chi connectivity index (χ2v) is 3.06. The van der Waals surface area contributed by atoms with E-state index in [9.17, 15) is 9.90 Å². The molecular weight excluding hydrogens is 180 g/mol. The van der Waals surface area contributed by atoms with Crippen LogP contribution >= 0.6 is 0 Å². The van der Waals surface area contributed by atoms with Crippen LogP contribution in [0.5, 0.6) is 11.5 Å². The average molecular weight is 192 g/mol. The van der Waals surface area contributed by atoms with Gasteiger partial charge in [-0.3, -0.25) is 4.79 Å². The number of rotatable bonds is 4. The summed E-state index contributed by atoms with van der Waals surface area (Å²) in [5.41, 5.74) is 1.16. The highest BCUT2D eigenvalue weighted by atomic mass is 16.5. The Hall–Kier alpha value is -1.77. The van der Waals surface area contributed by atoms with Crippen molar-refractivity contribution in [1.29, 1.82) is 0 Å². The Morgan fingerprint density at radius 3 is 2.93 bits per heavy atom. The first kappa shape index (κ1) is 10.3. The molecule has 0 aliphatic rings. The van der Waals surface area contributed by atoms with Gasteiger partial charge in [-0.2, -0.15) is 0 Å². The highest BCUT2D eigenvalue weighted by Crippen LogP contribution is 2.28. The first-order valence-electron chi connectivity index (χ1n) is 4.19. The number of aromatic hydroxyl groups is 1. The third kappa shape index (κ3) is 2.36. The zero-order valence-corrected chi connectivity index (χ0v) is 7.99. The van der Waals surface area contributed by atoms with E-state index >= 15 is 0 Å². The predicted molar refractivity (Wildman–Crippen MR) is 53.8 cm³/mol. The van der Waals surface area contributed by atoms with Crippen LogP contribution in [0.4, 0.5) is 0 Å². The molecule has 1 N–H and O–H groups in total. The second-order valence-electron chi connectivity index (χ2n) is 3.06. The molecule has 0 radical (unpaired) electrons. The maximum absolute atomic E-state index is 10.6. The summed E-state index contributed by atoms with van der Waals surface area (Å²) in [7, 11) is 0. The Labute approximate surface area is 82.6 Å². The van der Waals surface area contributed by atoms with Crippen LogP contribution in [-0.4, -0.2) is 18.0 Å². The number of phenols is 1. The van der Waals surface area contributed by atoms with E-state index in [1.54, 1.807) is 19.1 Å². The molecule has 0 heterocycles. The minimum atomic E-state index is -0.0316. The number of benzene rings is 1. The number of para-hydroxylation sites is 1. The van der Waals surface area contributed by atoms with Crippen LogP contribution in [0, 0.1) is 0 Å². The lowest BCUT2D eigenvalue weighted by Crippen LogP contribution is -2.00. The average Bonchev–Trinajstić information content (AvgIpc) is 2.15. The quantitative estimate of drug-likeness (QED) is 0.587. The molecule has 0 aliphatic heterocycles. The number of hydrogen-bond acceptors (Lipinski definition) is 3. The molecule has 3 heteroatoms. The summed E-state index contributed by atoms with van der Waals surface area (Å²) in [4.78, 5) is 10.6. The fourth-order valence-corrected chi connectivity index (χ4v) is 0.988. The third-order valence-corrected chi connectivity index (χ3v) is 1.61. The van der Waals surface area contributed by atoms with Gasteiger partial charge in [0.25, 0.3) is 0 Å². The van der Waals surface area contributed by atoms with Crippen LogP contribution in [0.3, 0.4) is 0 Å². The molecule has 0 unspecified atom stereocenters. The van der Waals surface area contributed by atoms with Gasteiger partial charge in [-0.25, -0.2) is 0 Å². The minimum Gasteiger partial charge on any atom is -0.504 e. The van der Waals surface area contributed by atoms with E-state index in [0.29, 0.717) is 18.5 Å². The van der Waals surface area contributed by atoms with Crippen LogP contribution in [0.25, 0.3) is 0 Å². The molecule has 3 nitrogen and oxygen atoms in total. The fourth-order valence-electron chi connectivity index (χ4n) is 0.988. The molecule has 0 spiro atoms. The predicted octanol–water partition coefficient (Wildman–Crippen LogP) is 2.16. The van der Waals surface area contributed by atoms with Gasteiger partial charge in [-0.15, -0.1) is 0 Å². The lowest BCUT2D eigenvalue weighted by Gasteiger charge is -2.09. The maximum Gasteiger partial charge on any atom is 0.171 e. The number of aldehydes is 1. The molecule has 0 aliphatic carbocycles. The Morgan fingerprint density at radius 2 is 2.36 bits per heavy atom. The van der Waals surface area contributed by atoms with E-state index in [-0.39, 0.29) is 11.5 Å². The van der Waals surface area contributed by atoms with Gasteiger partial charge in [0.2, 0.25) is 0 Å². The highest BCUT2D eigenvalue weighted by Gasteiger charge is 2.07. The van der Waals surface area contributed by atoms with Crippen molar-refractivity contribution in [3.63, 3.8) is 0 Å². The molecular formula is C11H12O3. The molecule has 0 saturated carbocycles. The standard InChI is InChI=1S/C11H12O3/c1-8(2)7-14-11-9(6-12)4-3-5-10(11)13/h3-6,13H,1,7H2,2H3. The molecule has 0 bridgehead atoms. The SMILES string of the molecule is C=C(C)COc1c(O)cccc1C=O. The van der Waals surface area contributed by atoms with Crippen LogP contribution < -0.4 is 4.74 Å². The van der Waals surface area contributed by atoms with Crippen LogP contribution in [-0.2, 0) is 0 Å². The van der Waals surface area contributed by atoms with Crippen molar-refractivity contribution in [3.8, 4) is 11.5 Å². The molecule has 0 fully saturated rings. The van der Waals surface area contributed by atoms with Gasteiger partial charge in [-0.1, -0.05) is 12.6 Å². The summed E-state index contributed by atoms with van der Waals surface area (Å²) < 4.78 is 5.24. The monoisotopic (exact) mass is 192 g/mol. The van der Waals surface area contributed by atoms with Crippen molar-refractivity contribution in [2.24, 2.45) is 0 Å². The van der Waals surface area contributed by atoms with E-state index in [4.69, 9.17) is 4.74 Å². The Kier molecular flexibility index (Phi) is 3.29. The van der Waals surface area contributed by atoms with Crippen LogP contribution in [0.15, 0.2) is 30.4 Å². The first-order valence-corrected chi connectivity index (χ1v) is 4.19. The number of carbonyl (C=O) groups excluding carboxylic acids is 1. The highest BCUT2D eigenvalue weighted by molar-refractivity contribution is 5.81. The third-order valence-electron chi connectivity index (χ3n) is 1.61. The molecule has 14 heavy (non-hydrogen) atoms. The first-order chi connectivity index (χ1) is 6.65. The van der Waals surface area contributed by atoms with E-state index in [1.807, 2.05) is 0 Å². The molecule has 0 saturated heterocycles. The number of carbonyl (C=O) groups is 1. The number of phenolic OH excluding ortho intramolecular Hbond substituents is 1. The molecule has 0 aromatic heterocycles. The zero-order valence-electron chi connectivity index (χ0n) is 7.99. The smallest absolute Gasteiger partial charge is 0.171 e. The molecule has 0 amide bonds. The lowest BCUT2D eigenvalue weighted by molar-refractivity contribution is 0.111. The van der Waals surface area contributed by atoms with Crippen molar-refractivity contribution >= 4 is 6.29 Å². The Balaban J connectivity index is 2.93. The second kappa shape index (κ2) is 4.46. The van der Waals surface area contributed by atoms with Crippen molar-refractivity contribution in [3.05, 3.63) is 35.9 Å². The normalized spacial score (nSPS) is 9.50. The van der Waals surface area contributed by atoms with Crippen LogP contribution in [0.2, 0.25) is 0 Å². The maximum atomic E-state index is 10.6. The summed E-state index contributed by atoms with van der Waals surface area (Å²) in [6, 6.07) is 4.65. The topological polar surface area (TPSA) is 46.5 Å². The molecule has 74 valence electrons. The summed E-state index contributed by atoms with van der Waals surface area (Å²) in [6.07, 6.45) is 0.646. The molecule has 1 rings (SSSR count). The number of hydrogen-bond donors (Lipinski definition) is 1. The lowest BCUT2D eigenvalue weighted by atomic mass is 10.2. The number of ether oxygens (including phenoxy) is 1. The van der Waals surface area contributed by atoms with Crippen molar-refractivity contribution < 1.29 is 14.6 Å². The zero-order chi connectivity index (χ0) is 10.6. The van der Waals surface area contributed by atoms with Gasteiger partial charge in [0, 0.05) is 0 Å². The largest absolute Gasteiger partial charge is 0.504 e. The molecule has 1 aromatic rings. The van der Waals surface area contributed by atoms with Gasteiger partial charge in [0.15, 0.2) is 17.8 Å². The van der Waals surface area contributed by atoms with E-state index < -0.39 is 0 Å². The van der Waals surface area contributed by atoms with Crippen molar-refractivity contribution in [2.75, 3.05) is 6.61 Å². The molecule has 1 aromatic carbocycles.